The monoisotopic (exact) mass is 362 g/mol. The minimum absolute atomic E-state index is 0.0448. The molecule has 0 aromatic carbocycles. The van der Waals surface area contributed by atoms with Gasteiger partial charge in [-0.2, -0.15) is 0 Å². The summed E-state index contributed by atoms with van der Waals surface area (Å²) in [5, 5.41) is 17.2. The molecule has 0 aromatic heterocycles. The molecule has 0 amide bonds. The average Bonchev–Trinajstić information content (AvgIpc) is 2.63. The van der Waals surface area contributed by atoms with Gasteiger partial charge in [-0.15, -0.1) is 0 Å². The summed E-state index contributed by atoms with van der Waals surface area (Å²) in [5.74, 6) is -1.42. The molecule has 0 radical (unpaired) electrons. The summed E-state index contributed by atoms with van der Waals surface area (Å²) in [6.07, 6.45) is 0.0729. The van der Waals surface area contributed by atoms with Crippen molar-refractivity contribution in [3.05, 3.63) is 24.8 Å². The summed E-state index contributed by atoms with van der Waals surface area (Å²) in [4.78, 5) is 22.9. The lowest BCUT2D eigenvalue weighted by Gasteiger charge is -2.19. The highest BCUT2D eigenvalue weighted by molar-refractivity contribution is 5.89. The molecule has 9 heteroatoms. The minimum Gasteiger partial charge on any atom is -0.460 e. The molecule has 1 unspecified atom stereocenters. The van der Waals surface area contributed by atoms with E-state index >= 15 is 0 Å². The highest BCUT2D eigenvalue weighted by Crippen LogP contribution is 2.09. The Balaban J connectivity index is 4.25. The molecule has 1 atom stereocenters. The average molecular weight is 362 g/mol. The molecule has 0 heterocycles. The first-order chi connectivity index (χ1) is 12.1. The number of hydrogen-bond acceptors (Lipinski definition) is 9. The molecule has 0 aromatic rings. The first kappa shape index (κ1) is 23.2. The van der Waals surface area contributed by atoms with Crippen molar-refractivity contribution in [2.45, 2.75) is 6.10 Å². The Labute approximate surface area is 146 Å². The van der Waals surface area contributed by atoms with Gasteiger partial charge >= 0.3 is 11.9 Å². The molecule has 0 spiro atoms. The Hall–Kier alpha value is -1.78. The van der Waals surface area contributed by atoms with Gasteiger partial charge in [0, 0.05) is 6.08 Å². The zero-order chi connectivity index (χ0) is 18.9. The largest absolute Gasteiger partial charge is 0.460 e. The predicted molar refractivity (Wildman–Crippen MR) is 86.8 cm³/mol. The summed E-state index contributed by atoms with van der Waals surface area (Å²) in [6.45, 7) is 7.29. The third kappa shape index (κ3) is 12.3. The molecular weight excluding hydrogens is 336 g/mol. The van der Waals surface area contributed by atoms with Crippen LogP contribution in [0.3, 0.4) is 0 Å². The van der Waals surface area contributed by atoms with Crippen molar-refractivity contribution in [1.29, 1.82) is 0 Å². The van der Waals surface area contributed by atoms with Crippen LogP contribution < -0.4 is 0 Å². The Morgan fingerprint density at radius 3 is 2.12 bits per heavy atom. The summed E-state index contributed by atoms with van der Waals surface area (Å²) >= 11 is 0. The van der Waals surface area contributed by atoms with Gasteiger partial charge in [0.15, 0.2) is 0 Å². The quantitative estimate of drug-likeness (QED) is 0.207. The standard InChI is InChI=1S/C16H26O9/c1-3-15(19)25-12-14(13(2)16(20)24-7-5-18)23-11-10-22-9-8-21-6-4-17/h3,14,17-18H,1-2,4-12H2. The molecule has 0 saturated carbocycles. The fraction of sp³-hybridized carbons (Fsp3) is 0.625. The maximum absolute atomic E-state index is 11.8. The molecule has 0 aliphatic rings. The van der Waals surface area contributed by atoms with Gasteiger partial charge in [-0.25, -0.2) is 9.59 Å². The second kappa shape index (κ2) is 15.7. The number of ether oxygens (including phenoxy) is 5. The Kier molecular flexibility index (Phi) is 14.6. The number of hydrogen-bond donors (Lipinski definition) is 2. The summed E-state index contributed by atoms with van der Waals surface area (Å²) < 4.78 is 25.3. The van der Waals surface area contributed by atoms with Crippen molar-refractivity contribution in [3.8, 4) is 0 Å². The number of rotatable bonds is 16. The second-order valence-corrected chi connectivity index (χ2v) is 4.53. The van der Waals surface area contributed by atoms with Crippen molar-refractivity contribution in [3.63, 3.8) is 0 Å². The predicted octanol–water partition coefficient (Wildman–Crippen LogP) is -0.782. The maximum Gasteiger partial charge on any atom is 0.336 e. The van der Waals surface area contributed by atoms with Crippen molar-refractivity contribution in [1.82, 2.24) is 0 Å². The summed E-state index contributed by atoms with van der Waals surface area (Å²) in [6, 6.07) is 0. The Morgan fingerprint density at radius 1 is 0.920 bits per heavy atom. The zero-order valence-electron chi connectivity index (χ0n) is 14.2. The van der Waals surface area contributed by atoms with Crippen LogP contribution in [-0.2, 0) is 33.3 Å². The summed E-state index contributed by atoms with van der Waals surface area (Å²) in [7, 11) is 0. The molecule has 0 saturated heterocycles. The first-order valence-electron chi connectivity index (χ1n) is 7.70. The first-order valence-corrected chi connectivity index (χ1v) is 7.70. The molecular formula is C16H26O9. The van der Waals surface area contributed by atoms with Crippen molar-refractivity contribution < 1.29 is 43.5 Å². The maximum atomic E-state index is 11.8. The number of aliphatic hydroxyl groups excluding tert-OH is 2. The number of carbonyl (C=O) groups is 2. The van der Waals surface area contributed by atoms with Gasteiger partial charge in [-0.3, -0.25) is 0 Å². The van der Waals surface area contributed by atoms with Gasteiger partial charge in [-0.1, -0.05) is 13.2 Å². The number of carbonyl (C=O) groups excluding carboxylic acids is 2. The van der Waals surface area contributed by atoms with Crippen molar-refractivity contribution in [2.75, 3.05) is 59.5 Å². The third-order valence-corrected chi connectivity index (χ3v) is 2.67. The highest BCUT2D eigenvalue weighted by atomic mass is 16.6. The second-order valence-electron chi connectivity index (χ2n) is 4.53. The lowest BCUT2D eigenvalue weighted by Crippen LogP contribution is -2.30. The normalized spacial score (nSPS) is 11.6. The van der Waals surface area contributed by atoms with Crippen molar-refractivity contribution in [2.24, 2.45) is 0 Å². The molecule has 144 valence electrons. The van der Waals surface area contributed by atoms with Gasteiger partial charge < -0.3 is 33.9 Å². The van der Waals surface area contributed by atoms with E-state index in [1.165, 1.54) is 0 Å². The van der Waals surface area contributed by atoms with E-state index in [1.807, 2.05) is 0 Å². The van der Waals surface area contributed by atoms with Crippen LogP contribution in [0.25, 0.3) is 0 Å². The van der Waals surface area contributed by atoms with Gasteiger partial charge in [0.1, 0.15) is 19.3 Å². The Morgan fingerprint density at radius 2 is 1.52 bits per heavy atom. The lowest BCUT2D eigenvalue weighted by atomic mass is 10.2. The molecule has 0 fully saturated rings. The third-order valence-electron chi connectivity index (χ3n) is 2.67. The van der Waals surface area contributed by atoms with Crippen LogP contribution in [0.1, 0.15) is 0 Å². The van der Waals surface area contributed by atoms with E-state index in [4.69, 9.17) is 33.9 Å². The van der Waals surface area contributed by atoms with Crippen LogP contribution in [-0.4, -0.2) is 87.7 Å². The zero-order valence-corrected chi connectivity index (χ0v) is 14.2. The van der Waals surface area contributed by atoms with Crippen LogP contribution >= 0.6 is 0 Å². The fourth-order valence-electron chi connectivity index (χ4n) is 1.46. The molecule has 25 heavy (non-hydrogen) atoms. The molecule has 2 N–H and O–H groups in total. The van der Waals surface area contributed by atoms with Gasteiger partial charge in [0.05, 0.1) is 51.8 Å². The molecule has 0 bridgehead atoms. The summed E-state index contributed by atoms with van der Waals surface area (Å²) in [5.41, 5.74) is -0.0448. The van der Waals surface area contributed by atoms with Crippen LogP contribution in [0.5, 0.6) is 0 Å². The van der Waals surface area contributed by atoms with Crippen LogP contribution in [0.4, 0.5) is 0 Å². The van der Waals surface area contributed by atoms with Crippen LogP contribution in [0.2, 0.25) is 0 Å². The van der Waals surface area contributed by atoms with Crippen molar-refractivity contribution >= 4 is 11.9 Å². The SMILES string of the molecule is C=CC(=O)OCC(OCCOCCOCCO)C(=C)C(=O)OCCO. The molecule has 0 rings (SSSR count). The highest BCUT2D eigenvalue weighted by Gasteiger charge is 2.22. The van der Waals surface area contributed by atoms with E-state index in [2.05, 4.69) is 13.2 Å². The van der Waals surface area contributed by atoms with E-state index in [1.54, 1.807) is 0 Å². The van der Waals surface area contributed by atoms with E-state index in [0.29, 0.717) is 13.2 Å². The fourth-order valence-corrected chi connectivity index (χ4v) is 1.46. The van der Waals surface area contributed by atoms with Gasteiger partial charge in [0.25, 0.3) is 0 Å². The molecule has 9 nitrogen and oxygen atoms in total. The lowest BCUT2D eigenvalue weighted by molar-refractivity contribution is -0.147. The van der Waals surface area contributed by atoms with E-state index < -0.39 is 18.0 Å². The van der Waals surface area contributed by atoms with Gasteiger partial charge in [0.2, 0.25) is 0 Å². The van der Waals surface area contributed by atoms with E-state index in [-0.39, 0.29) is 51.8 Å². The van der Waals surface area contributed by atoms with Crippen LogP contribution in [0, 0.1) is 0 Å². The van der Waals surface area contributed by atoms with Gasteiger partial charge in [-0.05, 0) is 0 Å². The Bertz CT molecular complexity index is 408. The number of esters is 2. The topological polar surface area (TPSA) is 121 Å². The molecule has 0 aliphatic carbocycles. The minimum atomic E-state index is -0.913. The smallest absolute Gasteiger partial charge is 0.336 e. The number of aliphatic hydroxyl groups is 2. The van der Waals surface area contributed by atoms with E-state index in [9.17, 15) is 9.59 Å². The van der Waals surface area contributed by atoms with Crippen LogP contribution in [0.15, 0.2) is 24.8 Å². The van der Waals surface area contributed by atoms with E-state index in [0.717, 1.165) is 6.08 Å². The molecule has 0 aliphatic heterocycles.